The van der Waals surface area contributed by atoms with E-state index in [0.29, 0.717) is 6.61 Å². The SMILES string of the molecule is CCCOc1nc(NN)nc(OC2CC(C)OC(C)C2)n1. The smallest absolute Gasteiger partial charge is 0.324 e. The molecule has 1 saturated heterocycles. The van der Waals surface area contributed by atoms with Gasteiger partial charge in [0.2, 0.25) is 5.95 Å². The molecule has 1 fully saturated rings. The molecular weight excluding hydrogens is 274 g/mol. The van der Waals surface area contributed by atoms with E-state index in [1.165, 1.54) is 0 Å². The van der Waals surface area contributed by atoms with Crippen LogP contribution in [0.3, 0.4) is 0 Å². The minimum Gasteiger partial charge on any atom is -0.463 e. The standard InChI is InChI=1S/C13H23N5O3/c1-4-5-19-12-15-11(18-14)16-13(17-12)21-10-6-8(2)20-9(3)7-10/h8-10H,4-7,14H2,1-3H3,(H,15,16,17,18). The number of hydrogen-bond acceptors (Lipinski definition) is 8. The lowest BCUT2D eigenvalue weighted by atomic mass is 10.0. The van der Waals surface area contributed by atoms with Crippen LogP contribution in [-0.2, 0) is 4.74 Å². The van der Waals surface area contributed by atoms with Gasteiger partial charge in [0, 0.05) is 12.8 Å². The number of hydrogen-bond donors (Lipinski definition) is 2. The summed E-state index contributed by atoms with van der Waals surface area (Å²) in [6.07, 6.45) is 2.78. The van der Waals surface area contributed by atoms with Gasteiger partial charge < -0.3 is 14.2 Å². The van der Waals surface area contributed by atoms with E-state index in [-0.39, 0.29) is 36.3 Å². The van der Waals surface area contributed by atoms with Gasteiger partial charge in [-0.05, 0) is 20.3 Å². The van der Waals surface area contributed by atoms with Gasteiger partial charge in [-0.1, -0.05) is 6.92 Å². The number of nitrogen functional groups attached to an aromatic ring is 1. The minimum atomic E-state index is 0.01000. The van der Waals surface area contributed by atoms with Gasteiger partial charge in [0.05, 0.1) is 18.8 Å². The zero-order valence-electron chi connectivity index (χ0n) is 12.7. The van der Waals surface area contributed by atoms with Crippen molar-refractivity contribution in [2.24, 2.45) is 5.84 Å². The average Bonchev–Trinajstić information content (AvgIpc) is 2.43. The molecule has 8 nitrogen and oxygen atoms in total. The van der Waals surface area contributed by atoms with Gasteiger partial charge >= 0.3 is 12.0 Å². The number of anilines is 1. The first kappa shape index (κ1) is 15.7. The van der Waals surface area contributed by atoms with Crippen molar-refractivity contribution in [3.05, 3.63) is 0 Å². The summed E-state index contributed by atoms with van der Waals surface area (Å²) in [7, 11) is 0. The van der Waals surface area contributed by atoms with Crippen molar-refractivity contribution in [3.63, 3.8) is 0 Å². The molecule has 8 heteroatoms. The number of rotatable bonds is 6. The summed E-state index contributed by atoms with van der Waals surface area (Å²) in [5, 5.41) is 0. The molecule has 3 N–H and O–H groups in total. The number of nitrogens with zero attached hydrogens (tertiary/aromatic N) is 3. The quantitative estimate of drug-likeness (QED) is 0.597. The molecule has 1 aliphatic rings. The summed E-state index contributed by atoms with van der Waals surface area (Å²) in [6.45, 7) is 6.59. The van der Waals surface area contributed by atoms with E-state index in [4.69, 9.17) is 20.1 Å². The van der Waals surface area contributed by atoms with Crippen LogP contribution in [0.4, 0.5) is 5.95 Å². The second kappa shape index (κ2) is 7.37. The third-order valence-electron chi connectivity index (χ3n) is 3.09. The van der Waals surface area contributed by atoms with Crippen molar-refractivity contribution in [1.29, 1.82) is 0 Å². The highest BCUT2D eigenvalue weighted by molar-refractivity contribution is 5.25. The highest BCUT2D eigenvalue weighted by Gasteiger charge is 2.26. The topological polar surface area (TPSA) is 104 Å². The van der Waals surface area contributed by atoms with Crippen molar-refractivity contribution in [1.82, 2.24) is 15.0 Å². The van der Waals surface area contributed by atoms with Crippen LogP contribution in [0.5, 0.6) is 12.0 Å². The summed E-state index contributed by atoms with van der Waals surface area (Å²) < 4.78 is 16.9. The monoisotopic (exact) mass is 297 g/mol. The number of nitrogens with two attached hydrogens (primary N) is 1. The molecule has 2 unspecified atom stereocenters. The zero-order chi connectivity index (χ0) is 15.2. The van der Waals surface area contributed by atoms with Crippen LogP contribution in [0, 0.1) is 0 Å². The van der Waals surface area contributed by atoms with Crippen LogP contribution in [0.25, 0.3) is 0 Å². The highest BCUT2D eigenvalue weighted by atomic mass is 16.5. The number of hydrazine groups is 1. The summed E-state index contributed by atoms with van der Waals surface area (Å²) in [5.41, 5.74) is 2.39. The zero-order valence-corrected chi connectivity index (χ0v) is 12.7. The van der Waals surface area contributed by atoms with Crippen molar-refractivity contribution in [2.45, 2.75) is 58.3 Å². The Labute approximate surface area is 124 Å². The van der Waals surface area contributed by atoms with E-state index < -0.39 is 0 Å². The molecule has 1 aromatic heterocycles. The Bertz CT molecular complexity index is 449. The fraction of sp³-hybridized carbons (Fsp3) is 0.769. The maximum absolute atomic E-state index is 5.84. The normalized spacial score (nSPS) is 25.4. The van der Waals surface area contributed by atoms with E-state index in [1.54, 1.807) is 0 Å². The van der Waals surface area contributed by atoms with Crippen LogP contribution in [0.15, 0.2) is 0 Å². The molecule has 2 rings (SSSR count). The number of ether oxygens (including phenoxy) is 3. The van der Waals surface area contributed by atoms with E-state index in [2.05, 4.69) is 20.4 Å². The summed E-state index contributed by atoms with van der Waals surface area (Å²) in [6, 6.07) is 0.429. The molecule has 0 saturated carbocycles. The molecule has 0 amide bonds. The van der Waals surface area contributed by atoms with Crippen LogP contribution in [0.1, 0.15) is 40.0 Å². The molecule has 0 radical (unpaired) electrons. The Balaban J connectivity index is 2.07. The second-order valence-electron chi connectivity index (χ2n) is 5.19. The van der Waals surface area contributed by atoms with Gasteiger partial charge in [-0.2, -0.15) is 9.97 Å². The van der Waals surface area contributed by atoms with Crippen LogP contribution >= 0.6 is 0 Å². The number of aromatic nitrogens is 3. The molecule has 0 aromatic carbocycles. The Morgan fingerprint density at radius 1 is 1.19 bits per heavy atom. The number of nitrogens with one attached hydrogen (secondary N) is 1. The third kappa shape index (κ3) is 4.68. The van der Waals surface area contributed by atoms with Crippen LogP contribution in [0.2, 0.25) is 0 Å². The molecule has 0 aliphatic carbocycles. The first-order valence-electron chi connectivity index (χ1n) is 7.28. The van der Waals surface area contributed by atoms with Crippen molar-refractivity contribution in [3.8, 4) is 12.0 Å². The first-order valence-corrected chi connectivity index (χ1v) is 7.28. The van der Waals surface area contributed by atoms with Crippen LogP contribution in [-0.4, -0.2) is 39.9 Å². The maximum atomic E-state index is 5.84. The van der Waals surface area contributed by atoms with Gasteiger partial charge in [0.15, 0.2) is 0 Å². The summed E-state index contributed by atoms with van der Waals surface area (Å²) in [4.78, 5) is 12.3. The fourth-order valence-corrected chi connectivity index (χ4v) is 2.30. The summed E-state index contributed by atoms with van der Waals surface area (Å²) in [5.74, 6) is 5.58. The summed E-state index contributed by atoms with van der Waals surface area (Å²) >= 11 is 0. The first-order chi connectivity index (χ1) is 10.1. The molecule has 2 heterocycles. The van der Waals surface area contributed by atoms with Gasteiger partial charge in [-0.15, -0.1) is 4.98 Å². The molecule has 0 bridgehead atoms. The second-order valence-corrected chi connectivity index (χ2v) is 5.19. The molecule has 2 atom stereocenters. The van der Waals surface area contributed by atoms with Gasteiger partial charge in [-0.25, -0.2) is 5.84 Å². The fourth-order valence-electron chi connectivity index (χ4n) is 2.30. The Morgan fingerprint density at radius 3 is 2.48 bits per heavy atom. The Kier molecular flexibility index (Phi) is 5.51. The van der Waals surface area contributed by atoms with Crippen molar-refractivity contribution >= 4 is 5.95 Å². The van der Waals surface area contributed by atoms with Crippen LogP contribution < -0.4 is 20.7 Å². The van der Waals surface area contributed by atoms with Gasteiger partial charge in [0.1, 0.15) is 6.10 Å². The van der Waals surface area contributed by atoms with E-state index in [0.717, 1.165) is 19.3 Å². The van der Waals surface area contributed by atoms with Crippen molar-refractivity contribution in [2.75, 3.05) is 12.0 Å². The van der Waals surface area contributed by atoms with E-state index >= 15 is 0 Å². The average molecular weight is 297 g/mol. The molecule has 1 aliphatic heterocycles. The predicted octanol–water partition coefficient (Wildman–Crippen LogP) is 1.28. The van der Waals surface area contributed by atoms with Crippen molar-refractivity contribution < 1.29 is 14.2 Å². The van der Waals surface area contributed by atoms with Gasteiger partial charge in [0.25, 0.3) is 0 Å². The Hall–Kier alpha value is -1.67. The third-order valence-corrected chi connectivity index (χ3v) is 3.09. The maximum Gasteiger partial charge on any atom is 0.324 e. The lowest BCUT2D eigenvalue weighted by Crippen LogP contribution is -2.36. The molecular formula is C13H23N5O3. The van der Waals surface area contributed by atoms with E-state index in [1.807, 2.05) is 20.8 Å². The molecule has 21 heavy (non-hydrogen) atoms. The lowest BCUT2D eigenvalue weighted by Gasteiger charge is -2.31. The molecule has 118 valence electrons. The van der Waals surface area contributed by atoms with E-state index in [9.17, 15) is 0 Å². The highest BCUT2D eigenvalue weighted by Crippen LogP contribution is 2.23. The Morgan fingerprint density at radius 2 is 1.86 bits per heavy atom. The molecule has 1 aromatic rings. The minimum absolute atomic E-state index is 0.01000. The molecule has 0 spiro atoms. The predicted molar refractivity (Wildman–Crippen MR) is 77.1 cm³/mol. The lowest BCUT2D eigenvalue weighted by molar-refractivity contribution is -0.0739. The van der Waals surface area contributed by atoms with Gasteiger partial charge in [-0.3, -0.25) is 5.43 Å². The largest absolute Gasteiger partial charge is 0.463 e.